The third-order valence-corrected chi connectivity index (χ3v) is 3.72. The Bertz CT molecular complexity index is 531. The zero-order valence-electron chi connectivity index (χ0n) is 10.4. The minimum Gasteiger partial charge on any atom is -0.483 e. The molecule has 1 fully saturated rings. The summed E-state index contributed by atoms with van der Waals surface area (Å²) in [5.41, 5.74) is 0. The average molecular weight is 346 g/mol. The predicted octanol–water partition coefficient (Wildman–Crippen LogP) is 1.95. The monoisotopic (exact) mass is 345 g/mol. The molecule has 0 heterocycles. The van der Waals surface area contributed by atoms with Crippen LogP contribution in [0.25, 0.3) is 0 Å². The number of aliphatic carboxylic acids is 1. The number of halogens is 2. The highest BCUT2D eigenvalue weighted by molar-refractivity contribution is 9.10. The van der Waals surface area contributed by atoms with Crippen molar-refractivity contribution in [3.8, 4) is 5.75 Å². The number of carbonyl (C=O) groups is 2. The third kappa shape index (κ3) is 3.69. The van der Waals surface area contributed by atoms with Gasteiger partial charge in [-0.3, -0.25) is 9.59 Å². The minimum absolute atomic E-state index is 0.108. The van der Waals surface area contributed by atoms with Gasteiger partial charge in [0.15, 0.2) is 6.61 Å². The van der Waals surface area contributed by atoms with E-state index in [2.05, 4.69) is 21.2 Å². The van der Waals surface area contributed by atoms with Crippen LogP contribution in [0.4, 0.5) is 4.39 Å². The lowest BCUT2D eigenvalue weighted by Crippen LogP contribution is -2.48. The molecule has 2 N–H and O–H groups in total. The van der Waals surface area contributed by atoms with Gasteiger partial charge in [0.1, 0.15) is 11.6 Å². The molecule has 2 rings (SSSR count). The van der Waals surface area contributed by atoms with Crippen LogP contribution in [0.1, 0.15) is 12.8 Å². The van der Waals surface area contributed by atoms with Gasteiger partial charge in [-0.1, -0.05) is 0 Å². The molecule has 1 aliphatic carbocycles. The maximum atomic E-state index is 12.9. The molecule has 5 nitrogen and oxygen atoms in total. The number of carboxylic acids is 1. The summed E-state index contributed by atoms with van der Waals surface area (Å²) in [5, 5.41) is 11.4. The number of hydrogen-bond acceptors (Lipinski definition) is 3. The van der Waals surface area contributed by atoms with Gasteiger partial charge in [0.25, 0.3) is 5.91 Å². The Labute approximate surface area is 123 Å². The van der Waals surface area contributed by atoms with E-state index in [0.29, 0.717) is 23.1 Å². The van der Waals surface area contributed by atoms with Crippen LogP contribution in [0.2, 0.25) is 0 Å². The largest absolute Gasteiger partial charge is 0.483 e. The lowest BCUT2D eigenvalue weighted by molar-refractivity contribution is -0.146. The second kappa shape index (κ2) is 6.21. The molecule has 20 heavy (non-hydrogen) atoms. The molecule has 7 heteroatoms. The fraction of sp³-hybridized carbons (Fsp3) is 0.385. The first-order valence-electron chi connectivity index (χ1n) is 6.05. The zero-order valence-corrected chi connectivity index (χ0v) is 12.0. The number of hydrogen-bond donors (Lipinski definition) is 2. The quantitative estimate of drug-likeness (QED) is 0.855. The number of amides is 1. The summed E-state index contributed by atoms with van der Waals surface area (Å²) in [6.07, 6.45) is 0.892. The number of carboxylic acid groups (broad SMARTS) is 1. The highest BCUT2D eigenvalue weighted by atomic mass is 79.9. The second-order valence-corrected chi connectivity index (χ2v) is 5.49. The molecule has 0 aliphatic heterocycles. The number of carbonyl (C=O) groups excluding carboxylic acids is 1. The molecule has 1 aliphatic rings. The van der Waals surface area contributed by atoms with E-state index in [1.54, 1.807) is 0 Å². The molecular formula is C13H13BrFNO4. The summed E-state index contributed by atoms with van der Waals surface area (Å²) in [6, 6.07) is 3.80. The molecule has 1 saturated carbocycles. The van der Waals surface area contributed by atoms with Crippen molar-refractivity contribution in [1.82, 2.24) is 5.32 Å². The maximum absolute atomic E-state index is 12.9. The average Bonchev–Trinajstić information content (AvgIpc) is 2.31. The Hall–Kier alpha value is -1.63. The first kappa shape index (κ1) is 14.8. The molecule has 0 bridgehead atoms. The lowest BCUT2D eigenvalue weighted by atomic mass is 9.80. The SMILES string of the molecule is O=C(COc1ccc(F)cc1Br)NC1CC(C(=O)O)C1. The third-order valence-electron chi connectivity index (χ3n) is 3.11. The van der Waals surface area contributed by atoms with Gasteiger partial charge in [-0.25, -0.2) is 4.39 Å². The summed E-state index contributed by atoms with van der Waals surface area (Å²) in [4.78, 5) is 22.2. The first-order valence-corrected chi connectivity index (χ1v) is 6.85. The van der Waals surface area contributed by atoms with Gasteiger partial charge in [0.2, 0.25) is 0 Å². The Morgan fingerprint density at radius 2 is 2.15 bits per heavy atom. The van der Waals surface area contributed by atoms with Crippen molar-refractivity contribution in [3.63, 3.8) is 0 Å². The van der Waals surface area contributed by atoms with Crippen LogP contribution in [0.15, 0.2) is 22.7 Å². The highest BCUT2D eigenvalue weighted by Crippen LogP contribution is 2.28. The van der Waals surface area contributed by atoms with Crippen molar-refractivity contribution in [1.29, 1.82) is 0 Å². The maximum Gasteiger partial charge on any atom is 0.306 e. The summed E-state index contributed by atoms with van der Waals surface area (Å²) in [7, 11) is 0. The molecule has 1 aromatic rings. The molecule has 0 aromatic heterocycles. The Kier molecular flexibility index (Phi) is 4.59. The number of ether oxygens (including phenoxy) is 1. The van der Waals surface area contributed by atoms with Crippen molar-refractivity contribution in [3.05, 3.63) is 28.5 Å². The van der Waals surface area contributed by atoms with Crippen LogP contribution >= 0.6 is 15.9 Å². The summed E-state index contributed by atoms with van der Waals surface area (Å²) < 4.78 is 18.5. The number of nitrogens with one attached hydrogen (secondary N) is 1. The Morgan fingerprint density at radius 1 is 1.45 bits per heavy atom. The fourth-order valence-electron chi connectivity index (χ4n) is 1.94. The number of rotatable bonds is 5. The topological polar surface area (TPSA) is 75.6 Å². The molecule has 1 aromatic carbocycles. The van der Waals surface area contributed by atoms with E-state index in [0.717, 1.165) is 0 Å². The molecule has 108 valence electrons. The van der Waals surface area contributed by atoms with Gasteiger partial charge in [-0.05, 0) is 47.0 Å². The summed E-state index contributed by atoms with van der Waals surface area (Å²) >= 11 is 3.13. The van der Waals surface area contributed by atoms with Crippen molar-refractivity contribution in [2.24, 2.45) is 5.92 Å². The van der Waals surface area contributed by atoms with Crippen LogP contribution < -0.4 is 10.1 Å². The zero-order chi connectivity index (χ0) is 14.7. The van der Waals surface area contributed by atoms with E-state index < -0.39 is 11.8 Å². The molecular weight excluding hydrogens is 333 g/mol. The first-order chi connectivity index (χ1) is 9.45. The van der Waals surface area contributed by atoms with E-state index in [4.69, 9.17) is 9.84 Å². The van der Waals surface area contributed by atoms with Crippen molar-refractivity contribution < 1.29 is 23.8 Å². The molecule has 1 amide bonds. The van der Waals surface area contributed by atoms with E-state index in [1.165, 1.54) is 18.2 Å². The van der Waals surface area contributed by atoms with Gasteiger partial charge in [-0.2, -0.15) is 0 Å². The number of benzene rings is 1. The van der Waals surface area contributed by atoms with Crippen molar-refractivity contribution in [2.75, 3.05) is 6.61 Å². The second-order valence-electron chi connectivity index (χ2n) is 4.63. The standard InChI is InChI=1S/C13H13BrFNO4/c14-10-5-8(15)1-2-11(10)20-6-12(17)16-9-3-7(4-9)13(18)19/h1-2,5,7,9H,3-4,6H2,(H,16,17)(H,18,19). The van der Waals surface area contributed by atoms with Crippen molar-refractivity contribution in [2.45, 2.75) is 18.9 Å². The van der Waals surface area contributed by atoms with Gasteiger partial charge < -0.3 is 15.2 Å². The summed E-state index contributed by atoms with van der Waals surface area (Å²) in [6.45, 7) is -0.196. The van der Waals surface area contributed by atoms with Crippen LogP contribution in [-0.2, 0) is 9.59 Å². The van der Waals surface area contributed by atoms with Gasteiger partial charge >= 0.3 is 5.97 Å². The molecule has 0 unspecified atom stereocenters. The molecule has 0 spiro atoms. The normalized spacial score (nSPS) is 20.9. The van der Waals surface area contributed by atoms with Gasteiger partial charge in [0.05, 0.1) is 10.4 Å². The molecule has 0 saturated heterocycles. The van der Waals surface area contributed by atoms with Crippen LogP contribution in [0.5, 0.6) is 5.75 Å². The predicted molar refractivity (Wildman–Crippen MR) is 71.9 cm³/mol. The van der Waals surface area contributed by atoms with Crippen LogP contribution in [-0.4, -0.2) is 29.6 Å². The fourth-order valence-corrected chi connectivity index (χ4v) is 2.41. The lowest BCUT2D eigenvalue weighted by Gasteiger charge is -2.32. The Balaban J connectivity index is 1.74. The molecule has 0 atom stereocenters. The Morgan fingerprint density at radius 3 is 2.75 bits per heavy atom. The molecule has 0 radical (unpaired) electrons. The van der Waals surface area contributed by atoms with Crippen LogP contribution in [0.3, 0.4) is 0 Å². The van der Waals surface area contributed by atoms with Gasteiger partial charge in [-0.15, -0.1) is 0 Å². The van der Waals surface area contributed by atoms with E-state index in [-0.39, 0.29) is 24.5 Å². The van der Waals surface area contributed by atoms with Crippen molar-refractivity contribution >= 4 is 27.8 Å². The van der Waals surface area contributed by atoms with Crippen LogP contribution in [0, 0.1) is 11.7 Å². The minimum atomic E-state index is -0.831. The highest BCUT2D eigenvalue weighted by Gasteiger charge is 2.35. The van der Waals surface area contributed by atoms with E-state index in [9.17, 15) is 14.0 Å². The summed E-state index contributed by atoms with van der Waals surface area (Å²) in [5.74, 6) is -1.55. The van der Waals surface area contributed by atoms with E-state index in [1.807, 2.05) is 0 Å². The smallest absolute Gasteiger partial charge is 0.306 e. The van der Waals surface area contributed by atoms with Gasteiger partial charge in [0, 0.05) is 6.04 Å². The van der Waals surface area contributed by atoms with E-state index >= 15 is 0 Å².